The summed E-state index contributed by atoms with van der Waals surface area (Å²) in [6.07, 6.45) is 5.34. The zero-order valence-corrected chi connectivity index (χ0v) is 12.3. The molecule has 2 atom stereocenters. The first-order valence-electron chi connectivity index (χ1n) is 7.59. The summed E-state index contributed by atoms with van der Waals surface area (Å²) < 4.78 is 0. The molecule has 1 rings (SSSR count). The average Bonchev–Trinajstić information content (AvgIpc) is 2.27. The highest BCUT2D eigenvalue weighted by Gasteiger charge is 2.24. The number of likely N-dealkylation sites (tertiary alicyclic amines) is 1. The molecule has 0 aromatic heterocycles. The van der Waals surface area contributed by atoms with Crippen molar-refractivity contribution in [3.63, 3.8) is 0 Å². The number of piperidine rings is 1. The van der Waals surface area contributed by atoms with Crippen LogP contribution in [0.25, 0.3) is 0 Å². The molecule has 2 unspecified atom stereocenters. The number of rotatable bonds is 7. The lowest BCUT2D eigenvalue weighted by atomic mass is 9.93. The van der Waals surface area contributed by atoms with Crippen LogP contribution in [0.1, 0.15) is 53.4 Å². The molecule has 102 valence electrons. The Kier molecular flexibility index (Phi) is 7.14. The molecule has 0 spiro atoms. The molecule has 1 aliphatic heterocycles. The van der Waals surface area contributed by atoms with Crippen molar-refractivity contribution in [3.8, 4) is 0 Å². The van der Waals surface area contributed by atoms with Crippen LogP contribution >= 0.6 is 0 Å². The highest BCUT2D eigenvalue weighted by atomic mass is 15.1. The van der Waals surface area contributed by atoms with Gasteiger partial charge in [-0.15, -0.1) is 0 Å². The van der Waals surface area contributed by atoms with Crippen molar-refractivity contribution in [1.29, 1.82) is 0 Å². The highest BCUT2D eigenvalue weighted by molar-refractivity contribution is 4.82. The van der Waals surface area contributed by atoms with Crippen LogP contribution < -0.4 is 5.32 Å². The van der Waals surface area contributed by atoms with Gasteiger partial charge in [-0.05, 0) is 57.2 Å². The van der Waals surface area contributed by atoms with E-state index in [-0.39, 0.29) is 0 Å². The normalized spacial score (nSPS) is 26.6. The van der Waals surface area contributed by atoms with Gasteiger partial charge in [-0.25, -0.2) is 0 Å². The summed E-state index contributed by atoms with van der Waals surface area (Å²) in [6.45, 7) is 14.4. The molecular formula is C15H32N2. The molecule has 0 aromatic carbocycles. The Morgan fingerprint density at radius 1 is 1.35 bits per heavy atom. The number of hydrogen-bond acceptors (Lipinski definition) is 2. The van der Waals surface area contributed by atoms with Crippen LogP contribution in [0.5, 0.6) is 0 Å². The average molecular weight is 240 g/mol. The molecule has 1 saturated heterocycles. The van der Waals surface area contributed by atoms with E-state index in [4.69, 9.17) is 0 Å². The molecule has 0 bridgehead atoms. The molecule has 17 heavy (non-hydrogen) atoms. The van der Waals surface area contributed by atoms with Crippen LogP contribution in [0.4, 0.5) is 0 Å². The molecule has 0 saturated carbocycles. The van der Waals surface area contributed by atoms with Crippen LogP contribution in [0, 0.1) is 11.8 Å². The molecule has 2 heteroatoms. The monoisotopic (exact) mass is 240 g/mol. The largest absolute Gasteiger partial charge is 0.314 e. The molecule has 1 N–H and O–H groups in total. The van der Waals surface area contributed by atoms with Gasteiger partial charge in [0.25, 0.3) is 0 Å². The van der Waals surface area contributed by atoms with E-state index in [9.17, 15) is 0 Å². The topological polar surface area (TPSA) is 15.3 Å². The third kappa shape index (κ3) is 5.87. The van der Waals surface area contributed by atoms with Gasteiger partial charge in [-0.3, -0.25) is 0 Å². The van der Waals surface area contributed by atoms with Gasteiger partial charge in [-0.1, -0.05) is 27.7 Å². The molecule has 1 heterocycles. The van der Waals surface area contributed by atoms with Crippen molar-refractivity contribution in [1.82, 2.24) is 10.2 Å². The van der Waals surface area contributed by atoms with E-state index in [0.29, 0.717) is 0 Å². The molecule has 0 amide bonds. The Bertz CT molecular complexity index is 191. The maximum atomic E-state index is 3.69. The second-order valence-corrected chi connectivity index (χ2v) is 6.16. The van der Waals surface area contributed by atoms with Gasteiger partial charge < -0.3 is 10.2 Å². The fourth-order valence-electron chi connectivity index (χ4n) is 2.79. The van der Waals surface area contributed by atoms with Crippen molar-refractivity contribution in [3.05, 3.63) is 0 Å². The van der Waals surface area contributed by atoms with E-state index in [1.54, 1.807) is 0 Å². The summed E-state index contributed by atoms with van der Waals surface area (Å²) in [6, 6.07) is 0.760. The molecule has 2 nitrogen and oxygen atoms in total. The Balaban J connectivity index is 2.17. The lowest BCUT2D eigenvalue weighted by Crippen LogP contribution is -2.48. The van der Waals surface area contributed by atoms with Crippen LogP contribution in [0.2, 0.25) is 0 Å². The maximum absolute atomic E-state index is 3.69. The molecular weight excluding hydrogens is 208 g/mol. The standard InChI is InChI=1S/C15H32N2/c1-5-9-16-15-8-11-17(12-14(15)4)10-6-7-13(2)3/h13-16H,5-12H2,1-4H3. The zero-order chi connectivity index (χ0) is 12.7. The van der Waals surface area contributed by atoms with Crippen LogP contribution in [-0.2, 0) is 0 Å². The van der Waals surface area contributed by atoms with Gasteiger partial charge in [0.1, 0.15) is 0 Å². The first-order chi connectivity index (χ1) is 8.13. The van der Waals surface area contributed by atoms with Gasteiger partial charge in [0, 0.05) is 12.6 Å². The SMILES string of the molecule is CCCNC1CCN(CCCC(C)C)CC1C. The third-order valence-electron chi connectivity index (χ3n) is 3.90. The van der Waals surface area contributed by atoms with Gasteiger partial charge in [0.2, 0.25) is 0 Å². The van der Waals surface area contributed by atoms with E-state index in [1.807, 2.05) is 0 Å². The van der Waals surface area contributed by atoms with E-state index in [2.05, 4.69) is 37.9 Å². The second-order valence-electron chi connectivity index (χ2n) is 6.16. The van der Waals surface area contributed by atoms with Crippen molar-refractivity contribution >= 4 is 0 Å². The van der Waals surface area contributed by atoms with E-state index >= 15 is 0 Å². The van der Waals surface area contributed by atoms with Gasteiger partial charge >= 0.3 is 0 Å². The van der Waals surface area contributed by atoms with Crippen LogP contribution in [-0.4, -0.2) is 37.1 Å². The zero-order valence-electron chi connectivity index (χ0n) is 12.3. The summed E-state index contributed by atoms with van der Waals surface area (Å²) in [5.41, 5.74) is 0. The second kappa shape index (κ2) is 8.10. The molecule has 0 aromatic rings. The van der Waals surface area contributed by atoms with E-state index in [1.165, 1.54) is 51.9 Å². The van der Waals surface area contributed by atoms with Gasteiger partial charge in [-0.2, -0.15) is 0 Å². The lowest BCUT2D eigenvalue weighted by molar-refractivity contribution is 0.144. The van der Waals surface area contributed by atoms with Crippen LogP contribution in [0.15, 0.2) is 0 Å². The third-order valence-corrected chi connectivity index (χ3v) is 3.90. The first kappa shape index (κ1) is 15.0. The van der Waals surface area contributed by atoms with E-state index in [0.717, 1.165) is 17.9 Å². The molecule has 0 radical (unpaired) electrons. The molecule has 1 fully saturated rings. The predicted molar refractivity (Wildman–Crippen MR) is 76.4 cm³/mol. The summed E-state index contributed by atoms with van der Waals surface area (Å²) >= 11 is 0. The molecule has 0 aliphatic carbocycles. The smallest absolute Gasteiger partial charge is 0.0117 e. The fraction of sp³-hybridized carbons (Fsp3) is 1.00. The van der Waals surface area contributed by atoms with Crippen molar-refractivity contribution in [2.75, 3.05) is 26.2 Å². The maximum Gasteiger partial charge on any atom is 0.0117 e. The van der Waals surface area contributed by atoms with E-state index < -0.39 is 0 Å². The lowest BCUT2D eigenvalue weighted by Gasteiger charge is -2.37. The minimum Gasteiger partial charge on any atom is -0.314 e. The highest BCUT2D eigenvalue weighted by Crippen LogP contribution is 2.17. The van der Waals surface area contributed by atoms with Crippen LogP contribution in [0.3, 0.4) is 0 Å². The van der Waals surface area contributed by atoms with Gasteiger partial charge in [0.15, 0.2) is 0 Å². The summed E-state index contributed by atoms with van der Waals surface area (Å²) in [4.78, 5) is 2.66. The summed E-state index contributed by atoms with van der Waals surface area (Å²) in [5, 5.41) is 3.69. The summed E-state index contributed by atoms with van der Waals surface area (Å²) in [7, 11) is 0. The van der Waals surface area contributed by atoms with Crippen molar-refractivity contribution in [2.24, 2.45) is 11.8 Å². The Labute approximate surface area is 108 Å². The number of hydrogen-bond donors (Lipinski definition) is 1. The Hall–Kier alpha value is -0.0800. The quantitative estimate of drug-likeness (QED) is 0.735. The number of nitrogens with one attached hydrogen (secondary N) is 1. The van der Waals surface area contributed by atoms with Crippen molar-refractivity contribution in [2.45, 2.75) is 59.4 Å². The predicted octanol–water partition coefficient (Wildman–Crippen LogP) is 3.13. The van der Waals surface area contributed by atoms with Crippen molar-refractivity contribution < 1.29 is 0 Å². The first-order valence-corrected chi connectivity index (χ1v) is 7.59. The fourth-order valence-corrected chi connectivity index (χ4v) is 2.79. The Morgan fingerprint density at radius 3 is 2.71 bits per heavy atom. The minimum absolute atomic E-state index is 0.760. The summed E-state index contributed by atoms with van der Waals surface area (Å²) in [5.74, 6) is 1.67. The molecule has 1 aliphatic rings. The minimum atomic E-state index is 0.760. The number of nitrogens with zero attached hydrogens (tertiary/aromatic N) is 1. The Morgan fingerprint density at radius 2 is 2.12 bits per heavy atom. The van der Waals surface area contributed by atoms with Gasteiger partial charge in [0.05, 0.1) is 0 Å².